The lowest BCUT2D eigenvalue weighted by atomic mass is 9.76. The SMILES string of the molecule is C1CCC(C2CCCNC2)CC1.CC(C)(C)OC(=O)N[C@H]1CCCC[C@@H]1C=O.Cl.Cl.Cl.ClCCl.N[C@H]1CCCC[C@@H]1CN1CCCC(C2CCCCC2)C1. The summed E-state index contributed by atoms with van der Waals surface area (Å²) in [6.45, 7) is 12.1. The predicted octanol–water partition coefficient (Wildman–Crippen LogP) is 11.3. The van der Waals surface area contributed by atoms with Crippen molar-refractivity contribution < 1.29 is 14.3 Å². The molecule has 322 valence electrons. The molecule has 6 fully saturated rings. The number of carbonyl (C=O) groups is 2. The van der Waals surface area contributed by atoms with Crippen molar-refractivity contribution in [3.05, 3.63) is 0 Å². The Morgan fingerprint density at radius 2 is 1.26 bits per heavy atom. The van der Waals surface area contributed by atoms with E-state index >= 15 is 0 Å². The lowest BCUT2D eigenvalue weighted by Crippen LogP contribution is -2.45. The van der Waals surface area contributed by atoms with Gasteiger partial charge in [0.1, 0.15) is 11.9 Å². The van der Waals surface area contributed by atoms with Gasteiger partial charge in [-0.05, 0) is 121 Å². The van der Waals surface area contributed by atoms with Crippen LogP contribution in [-0.2, 0) is 9.53 Å². The number of aldehydes is 1. The number of piperidine rings is 2. The number of alkyl carbamates (subject to hydrolysis) is 1. The number of carbonyl (C=O) groups excluding carboxylic acids is 2. The number of rotatable bonds is 6. The Bertz CT molecular complexity index is 914. The van der Waals surface area contributed by atoms with Crippen molar-refractivity contribution in [2.45, 2.75) is 180 Å². The quantitative estimate of drug-likeness (QED) is 0.182. The van der Waals surface area contributed by atoms with Crippen molar-refractivity contribution in [1.82, 2.24) is 15.5 Å². The Labute approximate surface area is 359 Å². The average Bonchev–Trinajstić information content (AvgIpc) is 3.14. The molecule has 0 aromatic rings. The monoisotopic (exact) mass is 864 g/mol. The van der Waals surface area contributed by atoms with Gasteiger partial charge in [-0.15, -0.1) is 60.4 Å². The standard InChI is InChI=1S/C18H34N2.C12H21NO3.C11H21N.CH2Cl2.3ClH/c19-18-11-5-4-9-17(18)14-20-12-6-10-16(13-20)15-7-2-1-3-8-15;1-12(2,3)16-11(15)13-10-7-5-4-6-9(10)8-14;1-2-5-10(6-3-1)11-7-4-8-12-9-11;2-1-3;;;/h15-18H,1-14,19H2;8-10H,4-7H2,1-3H3,(H,13,15);10-12H,1-9H2;1H2;3*1H/t16?,17-,18+;9-,10+;;;;;/m11...../s1. The van der Waals surface area contributed by atoms with E-state index in [1.165, 1.54) is 148 Å². The van der Waals surface area contributed by atoms with E-state index in [-0.39, 0.29) is 54.5 Å². The Morgan fingerprint density at radius 1 is 0.741 bits per heavy atom. The summed E-state index contributed by atoms with van der Waals surface area (Å²) in [7, 11) is 0. The summed E-state index contributed by atoms with van der Waals surface area (Å²) in [5.41, 5.74) is 5.86. The first kappa shape index (κ1) is 54.3. The van der Waals surface area contributed by atoms with Crippen LogP contribution in [0.4, 0.5) is 4.79 Å². The Morgan fingerprint density at radius 3 is 1.81 bits per heavy atom. The molecule has 0 aromatic heterocycles. The summed E-state index contributed by atoms with van der Waals surface area (Å²) < 4.78 is 5.17. The van der Waals surface area contributed by atoms with Crippen LogP contribution in [0, 0.1) is 35.5 Å². The molecular formula is C42H81Cl5N4O3. The number of hydrogen-bond acceptors (Lipinski definition) is 6. The molecule has 0 aromatic carbocycles. The van der Waals surface area contributed by atoms with Gasteiger partial charge in [0, 0.05) is 31.1 Å². The van der Waals surface area contributed by atoms with Crippen LogP contribution in [0.15, 0.2) is 0 Å². The van der Waals surface area contributed by atoms with E-state index in [1.807, 2.05) is 20.8 Å². The molecule has 4 N–H and O–H groups in total. The molecule has 2 saturated heterocycles. The molecule has 4 saturated carbocycles. The summed E-state index contributed by atoms with van der Waals surface area (Å²) in [4.78, 5) is 25.2. The van der Waals surface area contributed by atoms with E-state index in [2.05, 4.69) is 15.5 Å². The normalized spacial score (nSPS) is 29.5. The van der Waals surface area contributed by atoms with Crippen LogP contribution in [0.2, 0.25) is 0 Å². The number of nitrogens with one attached hydrogen (secondary N) is 2. The maximum absolute atomic E-state index is 11.5. The number of nitrogens with two attached hydrogens (primary N) is 1. The molecule has 7 nitrogen and oxygen atoms in total. The van der Waals surface area contributed by atoms with Gasteiger partial charge in [-0.2, -0.15) is 0 Å². The van der Waals surface area contributed by atoms with Gasteiger partial charge < -0.3 is 30.8 Å². The zero-order chi connectivity index (χ0) is 36.9. The molecule has 0 bridgehead atoms. The molecule has 2 unspecified atom stereocenters. The molecule has 6 aliphatic rings. The molecule has 0 radical (unpaired) electrons. The van der Waals surface area contributed by atoms with Crippen LogP contribution in [0.5, 0.6) is 0 Å². The van der Waals surface area contributed by atoms with Gasteiger partial charge in [-0.1, -0.05) is 89.9 Å². The van der Waals surface area contributed by atoms with Gasteiger partial charge in [-0.3, -0.25) is 0 Å². The number of ether oxygens (including phenoxy) is 1. The second kappa shape index (κ2) is 31.2. The highest BCUT2D eigenvalue weighted by Crippen LogP contribution is 2.36. The summed E-state index contributed by atoms with van der Waals surface area (Å²) >= 11 is 9.53. The summed E-state index contributed by atoms with van der Waals surface area (Å²) in [6.07, 6.45) is 30.7. The van der Waals surface area contributed by atoms with E-state index in [0.717, 1.165) is 61.6 Å². The number of amides is 1. The zero-order valence-electron chi connectivity index (χ0n) is 34.2. The fraction of sp³-hybridized carbons (Fsp3) is 0.952. The Hall–Kier alpha value is 0.270. The molecule has 1 amide bonds. The van der Waals surface area contributed by atoms with E-state index < -0.39 is 11.7 Å². The fourth-order valence-corrected chi connectivity index (χ4v) is 9.89. The third kappa shape index (κ3) is 21.9. The maximum atomic E-state index is 11.5. The first-order valence-electron chi connectivity index (χ1n) is 21.4. The molecule has 54 heavy (non-hydrogen) atoms. The molecule has 12 heteroatoms. The van der Waals surface area contributed by atoms with E-state index in [1.54, 1.807) is 0 Å². The molecule has 2 aliphatic heterocycles. The third-order valence-electron chi connectivity index (χ3n) is 12.7. The maximum Gasteiger partial charge on any atom is 0.407 e. The molecule has 6 rings (SSSR count). The number of nitrogens with zero attached hydrogens (tertiary/aromatic N) is 1. The van der Waals surface area contributed by atoms with Crippen LogP contribution in [0.3, 0.4) is 0 Å². The molecule has 6 atom stereocenters. The lowest BCUT2D eigenvalue weighted by Gasteiger charge is -2.41. The average molecular weight is 867 g/mol. The minimum atomic E-state index is -0.491. The van der Waals surface area contributed by atoms with Crippen LogP contribution in [0.25, 0.3) is 0 Å². The third-order valence-corrected chi connectivity index (χ3v) is 12.7. The second-order valence-corrected chi connectivity index (χ2v) is 18.5. The number of halogens is 5. The molecular weight excluding hydrogens is 786 g/mol. The first-order valence-corrected chi connectivity index (χ1v) is 22.5. The highest BCUT2D eigenvalue weighted by Gasteiger charge is 2.31. The van der Waals surface area contributed by atoms with Crippen molar-refractivity contribution in [3.63, 3.8) is 0 Å². The van der Waals surface area contributed by atoms with Crippen LogP contribution < -0.4 is 16.4 Å². The van der Waals surface area contributed by atoms with Gasteiger partial charge in [0.2, 0.25) is 0 Å². The lowest BCUT2D eigenvalue weighted by molar-refractivity contribution is -0.112. The van der Waals surface area contributed by atoms with Crippen molar-refractivity contribution in [1.29, 1.82) is 0 Å². The largest absolute Gasteiger partial charge is 0.444 e. The molecule has 4 aliphatic carbocycles. The number of alkyl halides is 2. The minimum absolute atomic E-state index is 0. The summed E-state index contributed by atoms with van der Waals surface area (Å²) in [6, 6.07) is 0.430. The van der Waals surface area contributed by atoms with Crippen LogP contribution in [0.1, 0.15) is 162 Å². The minimum Gasteiger partial charge on any atom is -0.444 e. The summed E-state index contributed by atoms with van der Waals surface area (Å²) in [5.74, 6) is 4.89. The fourth-order valence-electron chi connectivity index (χ4n) is 9.89. The first-order chi connectivity index (χ1) is 24.6. The van der Waals surface area contributed by atoms with Gasteiger partial charge in [0.05, 0.1) is 5.34 Å². The smallest absolute Gasteiger partial charge is 0.407 e. The van der Waals surface area contributed by atoms with Gasteiger partial charge >= 0.3 is 6.09 Å². The van der Waals surface area contributed by atoms with E-state index in [0.29, 0.717) is 6.04 Å². The van der Waals surface area contributed by atoms with Crippen LogP contribution in [-0.4, -0.2) is 73.0 Å². The van der Waals surface area contributed by atoms with Gasteiger partial charge in [-0.25, -0.2) is 4.79 Å². The Balaban J connectivity index is 0.000000751. The van der Waals surface area contributed by atoms with E-state index in [9.17, 15) is 9.59 Å². The Kier molecular flexibility index (Phi) is 31.4. The highest BCUT2D eigenvalue weighted by atomic mass is 35.5. The number of hydrogen-bond donors (Lipinski definition) is 3. The van der Waals surface area contributed by atoms with Crippen molar-refractivity contribution in [2.24, 2.45) is 41.2 Å². The van der Waals surface area contributed by atoms with Crippen LogP contribution >= 0.6 is 60.4 Å². The topological polar surface area (TPSA) is 96.7 Å². The van der Waals surface area contributed by atoms with E-state index in [4.69, 9.17) is 33.7 Å². The van der Waals surface area contributed by atoms with Gasteiger partial charge in [0.25, 0.3) is 0 Å². The predicted molar refractivity (Wildman–Crippen MR) is 237 cm³/mol. The molecule has 2 heterocycles. The van der Waals surface area contributed by atoms with Crippen molar-refractivity contribution in [3.8, 4) is 0 Å². The number of likely N-dealkylation sites (tertiary alicyclic amines) is 1. The zero-order valence-corrected chi connectivity index (χ0v) is 38.2. The summed E-state index contributed by atoms with van der Waals surface area (Å²) in [5, 5.41) is 6.51. The highest BCUT2D eigenvalue weighted by molar-refractivity contribution is 6.40. The van der Waals surface area contributed by atoms with Crippen molar-refractivity contribution in [2.75, 3.05) is 38.1 Å². The van der Waals surface area contributed by atoms with Crippen molar-refractivity contribution >= 4 is 72.8 Å². The van der Waals surface area contributed by atoms with Gasteiger partial charge in [0.15, 0.2) is 0 Å². The second-order valence-electron chi connectivity index (χ2n) is 17.7. The molecule has 0 spiro atoms.